The van der Waals surface area contributed by atoms with Gasteiger partial charge in [0.05, 0.1) is 12.8 Å². The fourth-order valence-corrected chi connectivity index (χ4v) is 1.98. The van der Waals surface area contributed by atoms with Crippen molar-refractivity contribution in [3.63, 3.8) is 0 Å². The Morgan fingerprint density at radius 3 is 2.75 bits per heavy atom. The first-order valence-corrected chi connectivity index (χ1v) is 5.26. The number of benzene rings is 2. The van der Waals surface area contributed by atoms with Crippen molar-refractivity contribution in [2.45, 2.75) is 0 Å². The van der Waals surface area contributed by atoms with E-state index in [0.29, 0.717) is 6.54 Å². The van der Waals surface area contributed by atoms with Gasteiger partial charge in [0.1, 0.15) is 0 Å². The molecule has 0 N–H and O–H groups in total. The average molecular weight is 209 g/mol. The van der Waals surface area contributed by atoms with Crippen LogP contribution in [0.2, 0.25) is 0 Å². The van der Waals surface area contributed by atoms with Gasteiger partial charge in [-0.3, -0.25) is 4.99 Å². The van der Waals surface area contributed by atoms with Crippen LogP contribution in [-0.4, -0.2) is 12.9 Å². The molecule has 78 valence electrons. The minimum atomic E-state index is 0.688. The molecule has 0 bridgehead atoms. The van der Waals surface area contributed by atoms with Gasteiger partial charge in [0.25, 0.3) is 0 Å². The second-order valence-corrected chi connectivity index (χ2v) is 3.75. The maximum Gasteiger partial charge on any atom is 0.176 e. The summed E-state index contributed by atoms with van der Waals surface area (Å²) in [5.74, 6) is 0. The van der Waals surface area contributed by atoms with Gasteiger partial charge < -0.3 is 4.74 Å². The Labute approximate surface area is 93.9 Å². The predicted molar refractivity (Wildman–Crippen MR) is 66.4 cm³/mol. The Bertz CT molecular complexity index is 579. The summed E-state index contributed by atoms with van der Waals surface area (Å²) in [5, 5.41) is 2.49. The zero-order chi connectivity index (χ0) is 10.8. The fourth-order valence-electron chi connectivity index (χ4n) is 1.98. The molecule has 0 saturated carbocycles. The number of hydrogen-bond acceptors (Lipinski definition) is 2. The molecule has 2 heteroatoms. The highest BCUT2D eigenvalue weighted by Crippen LogP contribution is 2.26. The van der Waals surface area contributed by atoms with E-state index in [1.165, 1.54) is 22.7 Å². The molecule has 1 aliphatic rings. The van der Waals surface area contributed by atoms with Gasteiger partial charge in [-0.25, -0.2) is 0 Å². The van der Waals surface area contributed by atoms with Crippen LogP contribution in [0.25, 0.3) is 16.3 Å². The molecule has 0 amide bonds. The summed E-state index contributed by atoms with van der Waals surface area (Å²) in [6.45, 7) is 0.688. The van der Waals surface area contributed by atoms with Crippen molar-refractivity contribution in [2.24, 2.45) is 4.99 Å². The number of rotatable bonds is 1. The zero-order valence-electron chi connectivity index (χ0n) is 8.76. The van der Waals surface area contributed by atoms with Gasteiger partial charge in [0.2, 0.25) is 0 Å². The van der Waals surface area contributed by atoms with E-state index in [9.17, 15) is 0 Å². The first kappa shape index (κ1) is 9.16. The van der Waals surface area contributed by atoms with Crippen LogP contribution in [0.15, 0.2) is 53.7 Å². The highest BCUT2D eigenvalue weighted by atomic mass is 16.5. The molecule has 0 aliphatic carbocycles. The summed E-state index contributed by atoms with van der Waals surface area (Å²) in [6.07, 6.45) is 3.25. The van der Waals surface area contributed by atoms with Crippen LogP contribution in [0.5, 0.6) is 0 Å². The van der Waals surface area contributed by atoms with E-state index in [0.717, 1.165) is 5.57 Å². The Balaban J connectivity index is 2.20. The topological polar surface area (TPSA) is 21.6 Å². The maximum atomic E-state index is 5.13. The monoisotopic (exact) mass is 209 g/mol. The Hall–Kier alpha value is -2.09. The molecule has 0 atom stereocenters. The van der Waals surface area contributed by atoms with E-state index in [1.807, 2.05) is 0 Å². The second-order valence-electron chi connectivity index (χ2n) is 3.75. The third-order valence-corrected chi connectivity index (χ3v) is 2.74. The van der Waals surface area contributed by atoms with Crippen molar-refractivity contribution in [1.82, 2.24) is 0 Å². The second kappa shape index (κ2) is 3.81. The molecule has 2 aromatic rings. The number of hydrogen-bond donors (Lipinski definition) is 0. The third-order valence-electron chi connectivity index (χ3n) is 2.74. The lowest BCUT2D eigenvalue weighted by Gasteiger charge is -2.11. The number of ether oxygens (including phenoxy) is 1. The average Bonchev–Trinajstić information content (AvgIpc) is 2.39. The number of nitrogens with zero attached hydrogens (tertiary/aromatic N) is 1. The van der Waals surface area contributed by atoms with Crippen LogP contribution in [0.1, 0.15) is 5.56 Å². The van der Waals surface area contributed by atoms with Crippen molar-refractivity contribution in [2.75, 3.05) is 6.54 Å². The molecule has 0 radical (unpaired) electrons. The van der Waals surface area contributed by atoms with E-state index < -0.39 is 0 Å². The number of fused-ring (bicyclic) bond motifs is 1. The maximum absolute atomic E-state index is 5.13. The first-order chi connectivity index (χ1) is 7.95. The molecule has 0 unspecified atom stereocenters. The smallest absolute Gasteiger partial charge is 0.176 e. The van der Waals surface area contributed by atoms with E-state index in [-0.39, 0.29) is 0 Å². The molecule has 1 aliphatic heterocycles. The van der Waals surface area contributed by atoms with Crippen LogP contribution in [0.4, 0.5) is 0 Å². The molecule has 0 aromatic heterocycles. The molecule has 0 fully saturated rings. The molecule has 0 saturated heterocycles. The summed E-state index contributed by atoms with van der Waals surface area (Å²) in [7, 11) is 0. The SMILES string of the molecule is C1=NCC(c2cccc3ccccc23)=CO1. The van der Waals surface area contributed by atoms with Crippen molar-refractivity contribution in [3.05, 3.63) is 54.3 Å². The summed E-state index contributed by atoms with van der Waals surface area (Å²) >= 11 is 0. The minimum absolute atomic E-state index is 0.688. The molecule has 0 spiro atoms. The Morgan fingerprint density at radius 2 is 1.88 bits per heavy atom. The Morgan fingerprint density at radius 1 is 1.00 bits per heavy atom. The summed E-state index contributed by atoms with van der Waals surface area (Å²) < 4.78 is 5.13. The molecule has 16 heavy (non-hydrogen) atoms. The van der Waals surface area contributed by atoms with Crippen LogP contribution in [0.3, 0.4) is 0 Å². The van der Waals surface area contributed by atoms with Crippen LogP contribution >= 0.6 is 0 Å². The van der Waals surface area contributed by atoms with Crippen molar-refractivity contribution >= 4 is 22.7 Å². The van der Waals surface area contributed by atoms with Crippen molar-refractivity contribution in [3.8, 4) is 0 Å². The fraction of sp³-hybridized carbons (Fsp3) is 0.0714. The lowest BCUT2D eigenvalue weighted by Crippen LogP contribution is -1.97. The number of aliphatic imine (C=N–C) groups is 1. The minimum Gasteiger partial charge on any atom is -0.453 e. The molecular weight excluding hydrogens is 198 g/mol. The normalized spacial score (nSPS) is 14.6. The zero-order valence-corrected chi connectivity index (χ0v) is 8.76. The standard InChI is InChI=1S/C14H11NO/c1-2-6-13-11(4-1)5-3-7-14(13)12-8-15-10-16-9-12/h1-7,9-10H,8H2. The largest absolute Gasteiger partial charge is 0.453 e. The van der Waals surface area contributed by atoms with Gasteiger partial charge in [-0.1, -0.05) is 42.5 Å². The highest BCUT2D eigenvalue weighted by molar-refractivity contribution is 5.94. The van der Waals surface area contributed by atoms with Crippen molar-refractivity contribution < 1.29 is 4.74 Å². The van der Waals surface area contributed by atoms with Crippen molar-refractivity contribution in [1.29, 1.82) is 0 Å². The van der Waals surface area contributed by atoms with Gasteiger partial charge in [0, 0.05) is 5.57 Å². The van der Waals surface area contributed by atoms with Gasteiger partial charge in [-0.15, -0.1) is 0 Å². The molecule has 1 heterocycles. The first-order valence-electron chi connectivity index (χ1n) is 5.26. The quantitative estimate of drug-likeness (QED) is 0.706. The predicted octanol–water partition coefficient (Wildman–Crippen LogP) is 3.24. The highest BCUT2D eigenvalue weighted by Gasteiger charge is 2.07. The molecule has 3 rings (SSSR count). The Kier molecular flexibility index (Phi) is 2.18. The molecule has 2 nitrogen and oxygen atoms in total. The third kappa shape index (κ3) is 1.48. The van der Waals surface area contributed by atoms with E-state index in [1.54, 1.807) is 6.26 Å². The van der Waals surface area contributed by atoms with E-state index in [4.69, 9.17) is 4.74 Å². The van der Waals surface area contributed by atoms with Crippen LogP contribution < -0.4 is 0 Å². The van der Waals surface area contributed by atoms with Gasteiger partial charge in [-0.2, -0.15) is 0 Å². The molecule has 2 aromatic carbocycles. The van der Waals surface area contributed by atoms with Gasteiger partial charge in [0.15, 0.2) is 6.40 Å². The van der Waals surface area contributed by atoms with Crippen LogP contribution in [0, 0.1) is 0 Å². The lowest BCUT2D eigenvalue weighted by molar-refractivity contribution is 0.486. The van der Waals surface area contributed by atoms with Crippen LogP contribution in [-0.2, 0) is 4.74 Å². The van der Waals surface area contributed by atoms with E-state index in [2.05, 4.69) is 47.5 Å². The van der Waals surface area contributed by atoms with Gasteiger partial charge in [-0.05, 0) is 16.3 Å². The summed E-state index contributed by atoms with van der Waals surface area (Å²) in [6, 6.07) is 14.6. The summed E-state index contributed by atoms with van der Waals surface area (Å²) in [5.41, 5.74) is 2.33. The van der Waals surface area contributed by atoms with E-state index >= 15 is 0 Å². The van der Waals surface area contributed by atoms with Gasteiger partial charge >= 0.3 is 0 Å². The molecular formula is C14H11NO. The lowest BCUT2D eigenvalue weighted by atomic mass is 9.99. The summed E-state index contributed by atoms with van der Waals surface area (Å²) in [4.78, 5) is 4.13.